The fraction of sp³-hybridized carbons (Fsp3) is 0.500. The molecular weight excluding hydrogens is 351 g/mol. The first-order chi connectivity index (χ1) is 12.3. The molecule has 0 bridgehead atoms. The Morgan fingerprint density at radius 2 is 1.81 bits per heavy atom. The van der Waals surface area contributed by atoms with Crippen molar-refractivity contribution in [3.63, 3.8) is 0 Å². The summed E-state index contributed by atoms with van der Waals surface area (Å²) in [5, 5.41) is 32.2. The summed E-state index contributed by atoms with van der Waals surface area (Å²) in [6.45, 7) is 8.16. The van der Waals surface area contributed by atoms with Crippen LogP contribution in [0.2, 0.25) is 0 Å². The van der Waals surface area contributed by atoms with Crippen LogP contribution in [0.25, 0.3) is 0 Å². The van der Waals surface area contributed by atoms with E-state index in [2.05, 4.69) is 26.8 Å². The van der Waals surface area contributed by atoms with Crippen LogP contribution in [-0.2, 0) is 12.8 Å². The molecule has 0 saturated heterocycles. The first kappa shape index (κ1) is 25.8. The van der Waals surface area contributed by atoms with Crippen LogP contribution in [0.4, 0.5) is 0 Å². The molecule has 27 heavy (non-hydrogen) atoms. The number of allylic oxidation sites excluding steroid dienone is 4. The zero-order chi connectivity index (χ0) is 19.7. The molecule has 1 aromatic rings. The maximum atomic E-state index is 11.5. The van der Waals surface area contributed by atoms with Gasteiger partial charge in [-0.2, -0.15) is 0 Å². The van der Waals surface area contributed by atoms with Crippen LogP contribution in [-0.4, -0.2) is 16.2 Å². The minimum absolute atomic E-state index is 0. The van der Waals surface area contributed by atoms with E-state index in [1.807, 2.05) is 13.0 Å². The number of carbonyl (C=O) groups is 1. The molecule has 1 aromatic carbocycles. The fourth-order valence-electron chi connectivity index (χ4n) is 2.91. The predicted octanol–water partition coefficient (Wildman–Crippen LogP) is 1.43. The number of hydrogen-bond donors (Lipinski definition) is 2. The molecule has 5 heteroatoms. The Labute approximate surface area is 185 Å². The Morgan fingerprint density at radius 3 is 2.37 bits per heavy atom. The van der Waals surface area contributed by atoms with Crippen molar-refractivity contribution in [2.75, 3.05) is 0 Å². The third-order valence-corrected chi connectivity index (χ3v) is 4.46. The maximum absolute atomic E-state index is 11.5. The molecule has 0 aromatic heterocycles. The third kappa shape index (κ3) is 8.54. The van der Waals surface area contributed by atoms with Gasteiger partial charge in [-0.3, -0.25) is 0 Å². The second kappa shape index (κ2) is 13.0. The topological polar surface area (TPSA) is 80.6 Å². The Bertz CT molecular complexity index is 686. The van der Waals surface area contributed by atoms with Gasteiger partial charge in [0.25, 0.3) is 0 Å². The van der Waals surface area contributed by atoms with Gasteiger partial charge in [0.05, 0.1) is 5.97 Å². The van der Waals surface area contributed by atoms with Gasteiger partial charge in [-0.25, -0.2) is 0 Å². The molecule has 0 aliphatic heterocycles. The molecule has 144 valence electrons. The van der Waals surface area contributed by atoms with E-state index in [4.69, 9.17) is 0 Å². The van der Waals surface area contributed by atoms with E-state index < -0.39 is 5.97 Å². The Hall–Kier alpha value is -1.23. The van der Waals surface area contributed by atoms with E-state index in [0.29, 0.717) is 12.0 Å². The van der Waals surface area contributed by atoms with Gasteiger partial charge in [0.15, 0.2) is 0 Å². The van der Waals surface area contributed by atoms with E-state index in [-0.39, 0.29) is 58.6 Å². The molecule has 0 heterocycles. The van der Waals surface area contributed by atoms with Crippen molar-refractivity contribution in [2.45, 2.75) is 72.6 Å². The average molecular weight is 382 g/mol. The third-order valence-electron chi connectivity index (χ3n) is 4.46. The fourth-order valence-corrected chi connectivity index (χ4v) is 2.91. The standard InChI is InChI=1S/C22H32O4.Na/c1-5-6-7-11-17-14-19(23)18(21(24)20(17)22(25)26)13-12-16(4)10-8-9-15(2)3;/h9,12,14,23-24H,5-8,10-11,13H2,1-4H3,(H,25,26);/q;+1/p-1/b16-12+;. The number of aryl methyl sites for hydroxylation is 1. The zero-order valence-corrected chi connectivity index (χ0v) is 19.4. The molecule has 0 aliphatic carbocycles. The second-order valence-corrected chi connectivity index (χ2v) is 7.08. The number of aromatic hydroxyl groups is 2. The first-order valence-electron chi connectivity index (χ1n) is 9.34. The van der Waals surface area contributed by atoms with Crippen LogP contribution in [0.5, 0.6) is 11.5 Å². The van der Waals surface area contributed by atoms with Crippen molar-refractivity contribution in [3.8, 4) is 11.5 Å². The van der Waals surface area contributed by atoms with Crippen molar-refractivity contribution in [1.82, 2.24) is 0 Å². The van der Waals surface area contributed by atoms with Crippen molar-refractivity contribution >= 4 is 5.97 Å². The van der Waals surface area contributed by atoms with Crippen LogP contribution in [0.3, 0.4) is 0 Å². The average Bonchev–Trinajstić information content (AvgIpc) is 2.53. The number of carboxylic acids is 1. The van der Waals surface area contributed by atoms with Gasteiger partial charge >= 0.3 is 29.6 Å². The molecule has 0 aliphatic rings. The molecule has 0 fully saturated rings. The summed E-state index contributed by atoms with van der Waals surface area (Å²) in [4.78, 5) is 11.5. The summed E-state index contributed by atoms with van der Waals surface area (Å²) in [6.07, 6.45) is 9.45. The maximum Gasteiger partial charge on any atom is 1.00 e. The minimum Gasteiger partial charge on any atom is -0.545 e. The van der Waals surface area contributed by atoms with Crippen molar-refractivity contribution in [3.05, 3.63) is 46.1 Å². The summed E-state index contributed by atoms with van der Waals surface area (Å²) >= 11 is 0. The zero-order valence-electron chi connectivity index (χ0n) is 17.4. The van der Waals surface area contributed by atoms with Gasteiger partial charge in [0.2, 0.25) is 0 Å². The summed E-state index contributed by atoms with van der Waals surface area (Å²) in [7, 11) is 0. The number of carbonyl (C=O) groups excluding carboxylic acids is 1. The van der Waals surface area contributed by atoms with Crippen LogP contribution in [0.1, 0.15) is 81.3 Å². The van der Waals surface area contributed by atoms with E-state index in [1.165, 1.54) is 11.6 Å². The van der Waals surface area contributed by atoms with Crippen LogP contribution in [0.15, 0.2) is 29.4 Å². The smallest absolute Gasteiger partial charge is 0.545 e. The van der Waals surface area contributed by atoms with Crippen LogP contribution >= 0.6 is 0 Å². The molecule has 4 nitrogen and oxygen atoms in total. The van der Waals surface area contributed by atoms with Crippen LogP contribution < -0.4 is 34.7 Å². The van der Waals surface area contributed by atoms with Crippen LogP contribution in [0, 0.1) is 0 Å². The Morgan fingerprint density at radius 1 is 1.15 bits per heavy atom. The second-order valence-electron chi connectivity index (χ2n) is 7.08. The molecule has 0 atom stereocenters. The van der Waals surface area contributed by atoms with Gasteiger partial charge in [-0.05, 0) is 64.5 Å². The first-order valence-corrected chi connectivity index (χ1v) is 9.34. The monoisotopic (exact) mass is 382 g/mol. The van der Waals surface area contributed by atoms with E-state index in [9.17, 15) is 20.1 Å². The molecule has 0 radical (unpaired) electrons. The number of unbranched alkanes of at least 4 members (excludes halogenated alkanes) is 2. The van der Waals surface area contributed by atoms with Gasteiger partial charge in [-0.1, -0.05) is 43.1 Å². The summed E-state index contributed by atoms with van der Waals surface area (Å²) < 4.78 is 0. The van der Waals surface area contributed by atoms with Crippen molar-refractivity contribution < 1.29 is 49.7 Å². The van der Waals surface area contributed by atoms with Gasteiger partial charge in [0.1, 0.15) is 11.5 Å². The largest absolute Gasteiger partial charge is 1.00 e. The van der Waals surface area contributed by atoms with E-state index in [1.54, 1.807) is 0 Å². The molecule has 0 spiro atoms. The molecule has 0 unspecified atom stereocenters. The quantitative estimate of drug-likeness (QED) is 0.364. The summed E-state index contributed by atoms with van der Waals surface area (Å²) in [6, 6.07) is 1.46. The van der Waals surface area contributed by atoms with E-state index >= 15 is 0 Å². The number of phenolic OH excluding ortho intramolecular Hbond substituents is 1. The minimum atomic E-state index is -1.40. The number of benzene rings is 1. The SMILES string of the molecule is CCCCCc1cc(O)c(C/C=C(\C)CCC=C(C)C)c(O)c1C(=O)[O-].[Na+]. The van der Waals surface area contributed by atoms with Crippen molar-refractivity contribution in [1.29, 1.82) is 0 Å². The molecule has 0 amide bonds. The number of hydrogen-bond acceptors (Lipinski definition) is 4. The number of aromatic carboxylic acids is 1. The van der Waals surface area contributed by atoms with Crippen molar-refractivity contribution in [2.24, 2.45) is 0 Å². The van der Waals surface area contributed by atoms with Gasteiger partial charge in [0, 0.05) is 11.1 Å². The number of phenols is 2. The molecule has 1 rings (SSSR count). The normalized spacial score (nSPS) is 11.0. The van der Waals surface area contributed by atoms with Gasteiger partial charge < -0.3 is 20.1 Å². The number of carboxylic acid groups (broad SMARTS) is 1. The molecule has 0 saturated carbocycles. The van der Waals surface area contributed by atoms with E-state index in [0.717, 1.165) is 37.7 Å². The molecular formula is C22H31NaO4. The molecule has 2 N–H and O–H groups in total. The van der Waals surface area contributed by atoms with Gasteiger partial charge in [-0.15, -0.1) is 0 Å². The number of rotatable bonds is 10. The summed E-state index contributed by atoms with van der Waals surface area (Å²) in [5.74, 6) is -1.84. The Balaban J connectivity index is 0.00000676. The predicted molar refractivity (Wildman–Crippen MR) is 103 cm³/mol. The Kier molecular flexibility index (Phi) is 12.4. The summed E-state index contributed by atoms with van der Waals surface area (Å²) in [5.41, 5.74) is 2.88.